The molecule has 0 spiro atoms. The van der Waals surface area contributed by atoms with E-state index in [9.17, 15) is 0 Å². The van der Waals surface area contributed by atoms with Gasteiger partial charge in [0.05, 0.1) is 0 Å². The molecule has 11 heavy (non-hydrogen) atoms. The van der Waals surface area contributed by atoms with Crippen LogP contribution < -0.4 is 5.73 Å². The van der Waals surface area contributed by atoms with Gasteiger partial charge in [0.2, 0.25) is 5.88 Å². The summed E-state index contributed by atoms with van der Waals surface area (Å²) in [6.07, 6.45) is 0. The van der Waals surface area contributed by atoms with Gasteiger partial charge in [0.25, 0.3) is 0 Å². The monoisotopic (exact) mass is 266 g/mol. The summed E-state index contributed by atoms with van der Waals surface area (Å²) in [7, 11) is 0. The Morgan fingerprint density at radius 1 is 1.45 bits per heavy atom. The number of hydrogen-bond donors (Lipinski definition) is 1. The molecule has 0 aromatic carbocycles. The molecule has 0 aliphatic heterocycles. The number of anilines is 1. The first-order valence-electron chi connectivity index (χ1n) is 3.34. The maximum absolute atomic E-state index is 5.50. The molecule has 0 bridgehead atoms. The van der Waals surface area contributed by atoms with E-state index in [1.807, 2.05) is 0 Å². The SMILES string of the molecule is CC(C)(C)c1noc(N)c1I. The summed E-state index contributed by atoms with van der Waals surface area (Å²) in [4.78, 5) is 0. The number of nitrogens with zero attached hydrogens (tertiary/aromatic N) is 1. The molecule has 1 aromatic rings. The lowest BCUT2D eigenvalue weighted by molar-refractivity contribution is 0.405. The predicted molar refractivity (Wildman–Crippen MR) is 52.3 cm³/mol. The van der Waals surface area contributed by atoms with Crippen LogP contribution in [0.2, 0.25) is 0 Å². The van der Waals surface area contributed by atoms with Gasteiger partial charge in [-0.15, -0.1) is 0 Å². The molecule has 0 atom stereocenters. The van der Waals surface area contributed by atoms with E-state index in [1.165, 1.54) is 0 Å². The Kier molecular flexibility index (Phi) is 2.13. The summed E-state index contributed by atoms with van der Waals surface area (Å²) in [6, 6.07) is 0. The number of nitrogen functional groups attached to an aromatic ring is 1. The van der Waals surface area contributed by atoms with Crippen LogP contribution in [0.3, 0.4) is 0 Å². The molecule has 0 aliphatic rings. The molecule has 4 heteroatoms. The lowest BCUT2D eigenvalue weighted by atomic mass is 9.92. The first kappa shape index (κ1) is 8.83. The summed E-state index contributed by atoms with van der Waals surface area (Å²) >= 11 is 2.14. The Balaban J connectivity index is 3.15. The summed E-state index contributed by atoms with van der Waals surface area (Å²) in [5, 5.41) is 3.88. The van der Waals surface area contributed by atoms with Crippen molar-refractivity contribution < 1.29 is 4.52 Å². The fourth-order valence-electron chi connectivity index (χ4n) is 0.758. The fourth-order valence-corrected chi connectivity index (χ4v) is 1.76. The van der Waals surface area contributed by atoms with E-state index in [2.05, 4.69) is 48.5 Å². The number of halogens is 1. The average molecular weight is 266 g/mol. The maximum atomic E-state index is 5.50. The molecule has 62 valence electrons. The molecule has 1 heterocycles. The largest absolute Gasteiger partial charge is 0.367 e. The Morgan fingerprint density at radius 2 is 2.00 bits per heavy atom. The van der Waals surface area contributed by atoms with Gasteiger partial charge < -0.3 is 10.3 Å². The van der Waals surface area contributed by atoms with Crippen LogP contribution in [0.4, 0.5) is 5.88 Å². The average Bonchev–Trinajstić information content (AvgIpc) is 2.11. The van der Waals surface area contributed by atoms with Crippen LogP contribution in [0.25, 0.3) is 0 Å². The van der Waals surface area contributed by atoms with Crippen molar-refractivity contribution in [3.63, 3.8) is 0 Å². The van der Waals surface area contributed by atoms with Crippen molar-refractivity contribution in [1.29, 1.82) is 0 Å². The van der Waals surface area contributed by atoms with E-state index >= 15 is 0 Å². The maximum Gasteiger partial charge on any atom is 0.235 e. The summed E-state index contributed by atoms with van der Waals surface area (Å²) in [5.41, 5.74) is 6.44. The molecule has 0 aliphatic carbocycles. The molecule has 1 aromatic heterocycles. The number of nitrogens with two attached hydrogens (primary N) is 1. The van der Waals surface area contributed by atoms with Crippen molar-refractivity contribution in [2.45, 2.75) is 26.2 Å². The summed E-state index contributed by atoms with van der Waals surface area (Å²) in [6.45, 7) is 6.23. The number of rotatable bonds is 0. The molecule has 3 nitrogen and oxygen atoms in total. The zero-order valence-corrected chi connectivity index (χ0v) is 8.97. The lowest BCUT2D eigenvalue weighted by Crippen LogP contribution is -2.13. The highest BCUT2D eigenvalue weighted by molar-refractivity contribution is 14.1. The molecular weight excluding hydrogens is 255 g/mol. The van der Waals surface area contributed by atoms with Crippen LogP contribution in [-0.4, -0.2) is 5.16 Å². The van der Waals surface area contributed by atoms with Gasteiger partial charge in [0.1, 0.15) is 9.26 Å². The number of hydrogen-bond acceptors (Lipinski definition) is 3. The Labute approximate surface area is 79.5 Å². The van der Waals surface area contributed by atoms with Crippen LogP contribution in [0.5, 0.6) is 0 Å². The molecule has 1 rings (SSSR count). The molecule has 0 saturated carbocycles. The van der Waals surface area contributed by atoms with Gasteiger partial charge in [-0.2, -0.15) is 0 Å². The third-order valence-electron chi connectivity index (χ3n) is 1.37. The highest BCUT2D eigenvalue weighted by atomic mass is 127. The van der Waals surface area contributed by atoms with Gasteiger partial charge in [-0.1, -0.05) is 25.9 Å². The van der Waals surface area contributed by atoms with Gasteiger partial charge in [-0.05, 0) is 22.6 Å². The van der Waals surface area contributed by atoms with Gasteiger partial charge in [0, 0.05) is 5.41 Å². The molecule has 0 saturated heterocycles. The van der Waals surface area contributed by atoms with Crippen molar-refractivity contribution in [2.24, 2.45) is 0 Å². The Bertz CT molecular complexity index is 262. The van der Waals surface area contributed by atoms with Gasteiger partial charge in [0.15, 0.2) is 0 Å². The minimum Gasteiger partial charge on any atom is -0.367 e. The fraction of sp³-hybridized carbons (Fsp3) is 0.571. The van der Waals surface area contributed by atoms with E-state index in [4.69, 9.17) is 10.3 Å². The first-order chi connectivity index (χ1) is 4.93. The minimum absolute atomic E-state index is 0.0116. The second kappa shape index (κ2) is 2.66. The molecule has 0 amide bonds. The molecule has 0 radical (unpaired) electrons. The normalized spacial score (nSPS) is 12.0. The molecule has 2 N–H and O–H groups in total. The Hall–Kier alpha value is -0.260. The van der Waals surface area contributed by atoms with Crippen molar-refractivity contribution in [3.05, 3.63) is 9.26 Å². The molecule has 0 unspecified atom stereocenters. The second-order valence-corrected chi connectivity index (χ2v) is 4.54. The zero-order valence-electron chi connectivity index (χ0n) is 6.81. The van der Waals surface area contributed by atoms with E-state index in [1.54, 1.807) is 0 Å². The smallest absolute Gasteiger partial charge is 0.235 e. The number of aromatic nitrogens is 1. The zero-order chi connectivity index (χ0) is 8.65. The third-order valence-corrected chi connectivity index (χ3v) is 2.41. The Morgan fingerprint density at radius 3 is 2.18 bits per heavy atom. The van der Waals surface area contributed by atoms with Crippen LogP contribution in [0.1, 0.15) is 26.5 Å². The summed E-state index contributed by atoms with van der Waals surface area (Å²) < 4.78 is 5.77. The van der Waals surface area contributed by atoms with Crippen LogP contribution >= 0.6 is 22.6 Å². The van der Waals surface area contributed by atoms with Crippen LogP contribution in [-0.2, 0) is 5.41 Å². The van der Waals surface area contributed by atoms with Crippen molar-refractivity contribution in [1.82, 2.24) is 5.16 Å². The third kappa shape index (κ3) is 1.66. The summed E-state index contributed by atoms with van der Waals surface area (Å²) in [5.74, 6) is 0.413. The predicted octanol–water partition coefficient (Wildman–Crippen LogP) is 2.16. The standard InChI is InChI=1S/C7H11IN2O/c1-7(2,3)5-4(8)6(9)11-10-5/h9H2,1-3H3. The quantitative estimate of drug-likeness (QED) is 0.732. The minimum atomic E-state index is 0.0116. The molecular formula is C7H11IN2O. The first-order valence-corrected chi connectivity index (χ1v) is 4.42. The van der Waals surface area contributed by atoms with Crippen molar-refractivity contribution >= 4 is 28.5 Å². The van der Waals surface area contributed by atoms with E-state index in [-0.39, 0.29) is 5.41 Å². The second-order valence-electron chi connectivity index (χ2n) is 3.46. The molecule has 0 fully saturated rings. The van der Waals surface area contributed by atoms with E-state index in [0.717, 1.165) is 9.26 Å². The van der Waals surface area contributed by atoms with Crippen molar-refractivity contribution in [2.75, 3.05) is 5.73 Å². The van der Waals surface area contributed by atoms with Gasteiger partial charge in [-0.3, -0.25) is 0 Å². The van der Waals surface area contributed by atoms with E-state index in [0.29, 0.717) is 5.88 Å². The van der Waals surface area contributed by atoms with Crippen LogP contribution in [0, 0.1) is 3.57 Å². The van der Waals surface area contributed by atoms with Gasteiger partial charge in [-0.25, -0.2) is 0 Å². The van der Waals surface area contributed by atoms with Crippen LogP contribution in [0.15, 0.2) is 4.52 Å². The highest BCUT2D eigenvalue weighted by Gasteiger charge is 2.23. The van der Waals surface area contributed by atoms with Crippen molar-refractivity contribution in [3.8, 4) is 0 Å². The topological polar surface area (TPSA) is 52.0 Å². The van der Waals surface area contributed by atoms with Gasteiger partial charge >= 0.3 is 0 Å². The highest BCUT2D eigenvalue weighted by Crippen LogP contribution is 2.29. The van der Waals surface area contributed by atoms with E-state index < -0.39 is 0 Å². The lowest BCUT2D eigenvalue weighted by Gasteiger charge is -2.13.